The molecule has 27 heavy (non-hydrogen) atoms. The van der Waals surface area contributed by atoms with Crippen LogP contribution >= 0.6 is 35.0 Å². The number of thioether (sulfide) groups is 1. The highest BCUT2D eigenvalue weighted by Crippen LogP contribution is 2.30. The van der Waals surface area contributed by atoms with Crippen molar-refractivity contribution >= 4 is 57.8 Å². The van der Waals surface area contributed by atoms with Gasteiger partial charge in [-0.05, 0) is 60.3 Å². The van der Waals surface area contributed by atoms with Gasteiger partial charge in [-0.2, -0.15) is 0 Å². The van der Waals surface area contributed by atoms with Gasteiger partial charge in [0.1, 0.15) is 11.5 Å². The number of nitrogens with one attached hydrogen (secondary N) is 1. The smallest absolute Gasteiger partial charge is 0.264 e. The second kappa shape index (κ2) is 7.64. The van der Waals surface area contributed by atoms with Gasteiger partial charge in [-0.3, -0.25) is 4.79 Å². The third-order valence-electron chi connectivity index (χ3n) is 3.72. The third kappa shape index (κ3) is 4.27. The van der Waals surface area contributed by atoms with Crippen molar-refractivity contribution in [1.82, 2.24) is 5.32 Å². The predicted molar refractivity (Wildman–Crippen MR) is 111 cm³/mol. The number of amidine groups is 1. The Balaban J connectivity index is 1.54. The molecule has 2 heterocycles. The molecule has 7 heteroatoms. The number of aliphatic imine (C=N–C) groups is 1. The van der Waals surface area contributed by atoms with Crippen LogP contribution in [0.25, 0.3) is 17.4 Å². The molecular formula is C20H12Cl2N2O2S. The number of rotatable bonds is 3. The first-order valence-electron chi connectivity index (χ1n) is 7.98. The largest absolute Gasteiger partial charge is 0.457 e. The van der Waals surface area contributed by atoms with E-state index in [1.165, 1.54) is 11.8 Å². The summed E-state index contributed by atoms with van der Waals surface area (Å²) >= 11 is 13.1. The van der Waals surface area contributed by atoms with Gasteiger partial charge in [-0.25, -0.2) is 4.99 Å². The summed E-state index contributed by atoms with van der Waals surface area (Å²) in [6.07, 6.45) is 1.69. The molecule has 1 aromatic heterocycles. The van der Waals surface area contributed by atoms with E-state index in [0.717, 1.165) is 5.56 Å². The minimum absolute atomic E-state index is 0.214. The third-order valence-corrected chi connectivity index (χ3v) is 5.11. The number of carbonyl (C=O) groups is 1. The lowest BCUT2D eigenvalue weighted by Crippen LogP contribution is -2.19. The van der Waals surface area contributed by atoms with Crippen molar-refractivity contribution in [3.8, 4) is 11.3 Å². The van der Waals surface area contributed by atoms with E-state index in [1.807, 2.05) is 30.3 Å². The summed E-state index contributed by atoms with van der Waals surface area (Å²) in [4.78, 5) is 17.1. The van der Waals surface area contributed by atoms with Crippen LogP contribution in [-0.4, -0.2) is 11.1 Å². The van der Waals surface area contributed by atoms with Gasteiger partial charge in [0.2, 0.25) is 0 Å². The fourth-order valence-corrected chi connectivity index (χ4v) is 3.61. The molecule has 1 N–H and O–H groups in total. The summed E-state index contributed by atoms with van der Waals surface area (Å²) in [5.41, 5.74) is 1.59. The van der Waals surface area contributed by atoms with Gasteiger partial charge in [0, 0.05) is 21.7 Å². The quantitative estimate of drug-likeness (QED) is 0.523. The van der Waals surface area contributed by atoms with Crippen LogP contribution in [0.5, 0.6) is 0 Å². The lowest BCUT2D eigenvalue weighted by molar-refractivity contribution is -0.115. The Morgan fingerprint density at radius 1 is 1.00 bits per heavy atom. The molecule has 4 nitrogen and oxygen atoms in total. The zero-order valence-corrected chi connectivity index (χ0v) is 16.1. The van der Waals surface area contributed by atoms with Gasteiger partial charge in [0.15, 0.2) is 5.17 Å². The lowest BCUT2D eigenvalue weighted by atomic mass is 10.2. The number of amides is 1. The number of carbonyl (C=O) groups excluding carboxylic acids is 1. The van der Waals surface area contributed by atoms with Crippen molar-refractivity contribution in [3.05, 3.63) is 81.4 Å². The standard InChI is InChI=1S/C20H12Cl2N2O2S/c21-13-4-6-15(7-5-13)23-20-24-19(25)18(27-20)11-16-8-9-17(26-16)12-2-1-3-14(22)10-12/h1-11H,(H,23,24,25). The van der Waals surface area contributed by atoms with Gasteiger partial charge < -0.3 is 9.73 Å². The summed E-state index contributed by atoms with van der Waals surface area (Å²) < 4.78 is 5.82. The zero-order chi connectivity index (χ0) is 18.8. The van der Waals surface area contributed by atoms with Gasteiger partial charge in [0.05, 0.1) is 10.6 Å². The van der Waals surface area contributed by atoms with Crippen LogP contribution in [0, 0.1) is 0 Å². The monoisotopic (exact) mass is 414 g/mol. The van der Waals surface area contributed by atoms with E-state index in [4.69, 9.17) is 27.6 Å². The molecule has 0 spiro atoms. The van der Waals surface area contributed by atoms with Crippen molar-refractivity contribution in [3.63, 3.8) is 0 Å². The molecule has 1 saturated heterocycles. The first kappa shape index (κ1) is 17.9. The van der Waals surface area contributed by atoms with E-state index in [1.54, 1.807) is 36.4 Å². The van der Waals surface area contributed by atoms with Crippen LogP contribution in [0.15, 0.2) is 75.0 Å². The van der Waals surface area contributed by atoms with Crippen LogP contribution < -0.4 is 5.32 Å². The predicted octanol–water partition coefficient (Wildman–Crippen LogP) is 6.15. The van der Waals surface area contributed by atoms with Crippen molar-refractivity contribution in [2.75, 3.05) is 0 Å². The molecule has 1 fully saturated rings. The number of nitrogens with zero attached hydrogens (tertiary/aromatic N) is 1. The average Bonchev–Trinajstić information content (AvgIpc) is 3.24. The Bertz CT molecular complexity index is 1070. The molecule has 0 bridgehead atoms. The second-order valence-electron chi connectivity index (χ2n) is 5.67. The Hall–Kier alpha value is -2.47. The van der Waals surface area contributed by atoms with Crippen molar-refractivity contribution in [2.45, 2.75) is 0 Å². The van der Waals surface area contributed by atoms with E-state index in [2.05, 4.69) is 10.3 Å². The highest BCUT2D eigenvalue weighted by Gasteiger charge is 2.24. The molecule has 2 aromatic carbocycles. The Labute approximate surface area is 169 Å². The zero-order valence-electron chi connectivity index (χ0n) is 13.8. The highest BCUT2D eigenvalue weighted by atomic mass is 35.5. The fourth-order valence-electron chi connectivity index (χ4n) is 2.47. The Morgan fingerprint density at radius 2 is 1.81 bits per heavy atom. The first-order valence-corrected chi connectivity index (χ1v) is 9.55. The van der Waals surface area contributed by atoms with Gasteiger partial charge in [-0.1, -0.05) is 35.3 Å². The number of hydrogen-bond acceptors (Lipinski definition) is 4. The minimum atomic E-state index is -0.214. The highest BCUT2D eigenvalue weighted by molar-refractivity contribution is 8.18. The van der Waals surface area contributed by atoms with Crippen molar-refractivity contribution < 1.29 is 9.21 Å². The maximum Gasteiger partial charge on any atom is 0.264 e. The normalized spacial score (nSPS) is 16.9. The van der Waals surface area contributed by atoms with Crippen molar-refractivity contribution in [2.24, 2.45) is 4.99 Å². The van der Waals surface area contributed by atoms with E-state index >= 15 is 0 Å². The summed E-state index contributed by atoms with van der Waals surface area (Å²) in [5, 5.41) is 4.53. The van der Waals surface area contributed by atoms with Crippen LogP contribution in [0.2, 0.25) is 10.0 Å². The maximum atomic E-state index is 12.2. The molecule has 1 aliphatic rings. The SMILES string of the molecule is O=C1NC(=Nc2ccc(Cl)cc2)SC1=Cc1ccc(-c2cccc(Cl)c2)o1. The van der Waals surface area contributed by atoms with E-state index in [-0.39, 0.29) is 5.91 Å². The number of furan rings is 1. The molecule has 1 amide bonds. The summed E-state index contributed by atoms with van der Waals surface area (Å²) in [6, 6.07) is 18.1. The van der Waals surface area contributed by atoms with E-state index in [0.29, 0.717) is 37.3 Å². The number of hydrogen-bond donors (Lipinski definition) is 1. The molecule has 4 rings (SSSR count). The fraction of sp³-hybridized carbons (Fsp3) is 0. The van der Waals surface area contributed by atoms with Crippen LogP contribution in [0.3, 0.4) is 0 Å². The molecule has 134 valence electrons. The molecule has 3 aromatic rings. The van der Waals surface area contributed by atoms with Gasteiger partial charge in [0.25, 0.3) is 5.91 Å². The van der Waals surface area contributed by atoms with Gasteiger partial charge in [-0.15, -0.1) is 0 Å². The van der Waals surface area contributed by atoms with Crippen molar-refractivity contribution in [1.29, 1.82) is 0 Å². The summed E-state index contributed by atoms with van der Waals surface area (Å²) in [7, 11) is 0. The van der Waals surface area contributed by atoms with Gasteiger partial charge >= 0.3 is 0 Å². The van der Waals surface area contributed by atoms with Crippen LogP contribution in [0.1, 0.15) is 5.76 Å². The van der Waals surface area contributed by atoms with Crippen LogP contribution in [0.4, 0.5) is 5.69 Å². The average molecular weight is 415 g/mol. The molecule has 0 saturated carbocycles. The van der Waals surface area contributed by atoms with Crippen LogP contribution in [-0.2, 0) is 4.79 Å². The summed E-state index contributed by atoms with van der Waals surface area (Å²) in [5.74, 6) is 1.05. The Morgan fingerprint density at radius 3 is 2.59 bits per heavy atom. The van der Waals surface area contributed by atoms with E-state index < -0.39 is 0 Å². The molecule has 0 atom stereocenters. The Kier molecular flexibility index (Phi) is 5.07. The number of halogens is 2. The molecule has 0 radical (unpaired) electrons. The molecule has 0 unspecified atom stereocenters. The van der Waals surface area contributed by atoms with E-state index in [9.17, 15) is 4.79 Å². The first-order chi connectivity index (χ1) is 13.1. The molecule has 1 aliphatic heterocycles. The lowest BCUT2D eigenvalue weighted by Gasteiger charge is -1.97. The summed E-state index contributed by atoms with van der Waals surface area (Å²) in [6.45, 7) is 0. The molecular weight excluding hydrogens is 403 g/mol. The topological polar surface area (TPSA) is 54.6 Å². The second-order valence-corrected chi connectivity index (χ2v) is 7.57. The minimum Gasteiger partial charge on any atom is -0.457 e. The molecule has 0 aliphatic carbocycles. The number of benzene rings is 2. The maximum absolute atomic E-state index is 12.2.